The molecule has 34 heavy (non-hydrogen) atoms. The van der Waals surface area contributed by atoms with Crippen molar-refractivity contribution in [3.05, 3.63) is 89.8 Å². The van der Waals surface area contributed by atoms with Gasteiger partial charge in [0.05, 0.1) is 15.8 Å². The molecule has 1 amide bonds. The lowest BCUT2D eigenvalue weighted by Crippen LogP contribution is -2.16. The molecule has 0 radical (unpaired) electrons. The molecule has 0 saturated carbocycles. The Kier molecular flexibility index (Phi) is 5.54. The molecule has 5 rings (SSSR count). The van der Waals surface area contributed by atoms with E-state index in [0.717, 1.165) is 10.9 Å². The van der Waals surface area contributed by atoms with Crippen molar-refractivity contribution >= 4 is 59.4 Å². The Morgan fingerprint density at radius 1 is 1.06 bits per heavy atom. The Balaban J connectivity index is 1.80. The van der Waals surface area contributed by atoms with E-state index >= 15 is 0 Å². The molecule has 5 aromatic rings. The second kappa shape index (κ2) is 8.54. The van der Waals surface area contributed by atoms with Gasteiger partial charge >= 0.3 is 0 Å². The molecule has 10 heteroatoms. The fourth-order valence-electron chi connectivity index (χ4n) is 3.74. The first-order chi connectivity index (χ1) is 16.4. The number of fused-ring (bicyclic) bond motifs is 3. The Bertz CT molecular complexity index is 1670. The van der Waals surface area contributed by atoms with E-state index in [1.54, 1.807) is 30.3 Å². The zero-order valence-corrected chi connectivity index (χ0v) is 20.0. The van der Waals surface area contributed by atoms with Crippen molar-refractivity contribution in [2.75, 3.05) is 5.32 Å². The molecule has 1 N–H and O–H groups in total. The maximum atomic E-state index is 13.4. The molecule has 0 aliphatic carbocycles. The highest BCUT2D eigenvalue weighted by molar-refractivity contribution is 9.10. The van der Waals surface area contributed by atoms with Gasteiger partial charge in [0.15, 0.2) is 10.4 Å². The molecular formula is C24H17BrN4O4S. The van der Waals surface area contributed by atoms with Crippen LogP contribution in [-0.4, -0.2) is 28.9 Å². The van der Waals surface area contributed by atoms with E-state index in [4.69, 9.17) is 4.42 Å². The van der Waals surface area contributed by atoms with Gasteiger partial charge in [-0.3, -0.25) is 4.79 Å². The number of hydrogen-bond acceptors (Lipinski definition) is 6. The highest BCUT2D eigenvalue weighted by Crippen LogP contribution is 2.34. The van der Waals surface area contributed by atoms with Crippen molar-refractivity contribution < 1.29 is 17.6 Å². The zero-order chi connectivity index (χ0) is 23.9. The molecule has 170 valence electrons. The van der Waals surface area contributed by atoms with Crippen LogP contribution >= 0.6 is 15.9 Å². The molecule has 8 nitrogen and oxygen atoms in total. The highest BCUT2D eigenvalue weighted by Gasteiger charge is 2.27. The summed E-state index contributed by atoms with van der Waals surface area (Å²) in [6.07, 6.45) is 1.69. The number of allylic oxidation sites excluding steroid dienone is 1. The van der Waals surface area contributed by atoms with Crippen LogP contribution in [0, 0.1) is 0 Å². The number of nitrogens with zero attached hydrogens (tertiary/aromatic N) is 3. The number of amides is 1. The van der Waals surface area contributed by atoms with E-state index in [-0.39, 0.29) is 16.5 Å². The van der Waals surface area contributed by atoms with Gasteiger partial charge in [0, 0.05) is 11.9 Å². The van der Waals surface area contributed by atoms with E-state index in [1.807, 2.05) is 28.8 Å². The number of aromatic nitrogens is 3. The maximum Gasteiger partial charge on any atom is 0.292 e. The second-order valence-corrected chi connectivity index (χ2v) is 9.97. The minimum atomic E-state index is -4.06. The fourth-order valence-corrected chi connectivity index (χ4v) is 5.19. The van der Waals surface area contributed by atoms with Gasteiger partial charge in [-0.15, -0.1) is 6.58 Å². The van der Waals surface area contributed by atoms with Gasteiger partial charge in [-0.1, -0.05) is 42.5 Å². The summed E-state index contributed by atoms with van der Waals surface area (Å²) in [6, 6.07) is 18.5. The van der Waals surface area contributed by atoms with E-state index in [0.29, 0.717) is 22.2 Å². The Morgan fingerprint density at radius 3 is 2.50 bits per heavy atom. The number of carbonyl (C=O) groups is 1. The van der Waals surface area contributed by atoms with E-state index in [9.17, 15) is 13.2 Å². The largest absolute Gasteiger partial charge is 0.444 e. The van der Waals surface area contributed by atoms with Gasteiger partial charge in [-0.25, -0.2) is 8.42 Å². The van der Waals surface area contributed by atoms with Crippen LogP contribution in [0.3, 0.4) is 0 Å². The van der Waals surface area contributed by atoms with E-state index in [1.165, 1.54) is 18.2 Å². The van der Waals surface area contributed by atoms with Crippen LogP contribution in [-0.2, 0) is 16.4 Å². The number of anilines is 1. The SMILES string of the molecule is C=CCn1c2ccccc2c2c(NC(=O)c3ccc(Br)o3)nc(S(=O)(=O)c3ccccc3)nc21. The number of rotatable bonds is 6. The summed E-state index contributed by atoms with van der Waals surface area (Å²) < 4.78 is 34.3. The predicted molar refractivity (Wildman–Crippen MR) is 131 cm³/mol. The van der Waals surface area contributed by atoms with Crippen molar-refractivity contribution in [2.24, 2.45) is 0 Å². The lowest BCUT2D eigenvalue weighted by atomic mass is 10.2. The third kappa shape index (κ3) is 3.70. The van der Waals surface area contributed by atoms with Crippen LogP contribution in [0.2, 0.25) is 0 Å². The molecule has 3 heterocycles. The summed E-state index contributed by atoms with van der Waals surface area (Å²) in [5.41, 5.74) is 1.17. The smallest absolute Gasteiger partial charge is 0.292 e. The fraction of sp³-hybridized carbons (Fsp3) is 0.0417. The molecule has 0 aliphatic rings. The van der Waals surface area contributed by atoms with E-state index < -0.39 is 20.9 Å². The molecule has 0 spiro atoms. The first-order valence-electron chi connectivity index (χ1n) is 10.2. The number of hydrogen-bond donors (Lipinski definition) is 1. The number of furan rings is 1. The van der Waals surface area contributed by atoms with Gasteiger partial charge in [-0.2, -0.15) is 9.97 Å². The number of carbonyl (C=O) groups excluding carboxylic acids is 1. The highest BCUT2D eigenvalue weighted by atomic mass is 79.9. The van der Waals surface area contributed by atoms with Crippen LogP contribution in [0.25, 0.3) is 21.9 Å². The molecule has 0 saturated heterocycles. The van der Waals surface area contributed by atoms with Gasteiger partial charge in [0.25, 0.3) is 11.1 Å². The van der Waals surface area contributed by atoms with Crippen LogP contribution in [0.15, 0.2) is 98.5 Å². The summed E-state index contributed by atoms with van der Waals surface area (Å²) in [5.74, 6) is -0.466. The summed E-state index contributed by atoms with van der Waals surface area (Å²) in [5, 5.41) is 3.58. The summed E-state index contributed by atoms with van der Waals surface area (Å²) >= 11 is 3.18. The summed E-state index contributed by atoms with van der Waals surface area (Å²) in [6.45, 7) is 4.19. The average molecular weight is 537 g/mol. The summed E-state index contributed by atoms with van der Waals surface area (Å²) in [7, 11) is -4.06. The van der Waals surface area contributed by atoms with Crippen molar-refractivity contribution in [2.45, 2.75) is 16.6 Å². The number of halogens is 1. The molecule has 0 bridgehead atoms. The first-order valence-corrected chi connectivity index (χ1v) is 12.4. The van der Waals surface area contributed by atoms with Gasteiger partial charge < -0.3 is 14.3 Å². The summed E-state index contributed by atoms with van der Waals surface area (Å²) in [4.78, 5) is 21.7. The Morgan fingerprint density at radius 2 is 1.79 bits per heavy atom. The topological polar surface area (TPSA) is 107 Å². The molecule has 0 aliphatic heterocycles. The molecule has 0 fully saturated rings. The lowest BCUT2D eigenvalue weighted by Gasteiger charge is -2.10. The van der Waals surface area contributed by atoms with Crippen molar-refractivity contribution in [3.8, 4) is 0 Å². The third-order valence-electron chi connectivity index (χ3n) is 5.22. The zero-order valence-electron chi connectivity index (χ0n) is 17.6. The van der Waals surface area contributed by atoms with Gasteiger partial charge in [0.1, 0.15) is 11.5 Å². The predicted octanol–water partition coefficient (Wildman–Crippen LogP) is 5.21. The minimum absolute atomic E-state index is 0.0425. The normalized spacial score (nSPS) is 11.7. The molecule has 0 atom stereocenters. The van der Waals surface area contributed by atoms with Gasteiger partial charge in [0.2, 0.25) is 9.84 Å². The van der Waals surface area contributed by atoms with Gasteiger partial charge in [-0.05, 0) is 46.3 Å². The van der Waals surface area contributed by atoms with Crippen LogP contribution in [0.4, 0.5) is 5.82 Å². The molecular weight excluding hydrogens is 520 g/mol. The van der Waals surface area contributed by atoms with E-state index in [2.05, 4.69) is 37.8 Å². The first kappa shape index (κ1) is 22.1. The number of benzene rings is 2. The number of nitrogens with one attached hydrogen (secondary N) is 1. The average Bonchev–Trinajstić information content (AvgIpc) is 3.42. The van der Waals surface area contributed by atoms with Crippen LogP contribution in [0.1, 0.15) is 10.6 Å². The number of para-hydroxylation sites is 1. The van der Waals surface area contributed by atoms with Crippen LogP contribution in [0.5, 0.6) is 0 Å². The second-order valence-electron chi connectivity index (χ2n) is 7.34. The quantitative estimate of drug-likeness (QED) is 0.235. The molecule has 3 aromatic heterocycles. The number of sulfone groups is 1. The van der Waals surface area contributed by atoms with Crippen molar-refractivity contribution in [3.63, 3.8) is 0 Å². The van der Waals surface area contributed by atoms with Crippen molar-refractivity contribution in [1.29, 1.82) is 0 Å². The Hall–Kier alpha value is -3.76. The maximum absolute atomic E-state index is 13.4. The molecule has 2 aromatic carbocycles. The standard InChI is InChI=1S/C24H17BrN4O4S/c1-2-14-29-17-11-7-6-10-16(17)20-21(26-23(30)18-12-13-19(25)33-18)27-24(28-22(20)29)34(31,32)15-8-4-3-5-9-15/h2-13H,1,14H2,(H,26,27,28,30). The monoisotopic (exact) mass is 536 g/mol. The van der Waals surface area contributed by atoms with Crippen LogP contribution < -0.4 is 5.32 Å². The third-order valence-corrected chi connectivity index (χ3v) is 7.21. The Labute approximate surface area is 203 Å². The minimum Gasteiger partial charge on any atom is -0.444 e. The lowest BCUT2D eigenvalue weighted by molar-refractivity contribution is 0.0995. The molecule has 0 unspecified atom stereocenters. The van der Waals surface area contributed by atoms with Crippen molar-refractivity contribution in [1.82, 2.24) is 14.5 Å².